The number of rotatable bonds is 11. The molecule has 0 amide bonds. The zero-order valence-electron chi connectivity index (χ0n) is 18.6. The Balaban J connectivity index is 1.91. The molecule has 0 saturated heterocycles. The molecule has 2 unspecified atom stereocenters. The Labute approximate surface area is 187 Å². The van der Waals surface area contributed by atoms with Crippen LogP contribution in [0, 0.1) is 5.92 Å². The SMILES string of the molecule is CC(C)[C@@H](O)CC(O)C(Cc1ccccc1)N(Cc1ccccc1)Cc1ccccc1. The van der Waals surface area contributed by atoms with E-state index in [-0.39, 0.29) is 12.0 Å². The normalized spacial score (nSPS) is 14.5. The zero-order valence-corrected chi connectivity index (χ0v) is 18.6. The quantitative estimate of drug-likeness (QED) is 0.458. The van der Waals surface area contributed by atoms with Gasteiger partial charge >= 0.3 is 0 Å². The van der Waals surface area contributed by atoms with Crippen molar-refractivity contribution in [2.75, 3.05) is 0 Å². The van der Waals surface area contributed by atoms with Gasteiger partial charge in [0.05, 0.1) is 12.2 Å². The van der Waals surface area contributed by atoms with E-state index < -0.39 is 12.2 Å². The molecule has 3 rings (SSSR count). The molecular formula is C28H35NO2. The van der Waals surface area contributed by atoms with Crippen LogP contribution in [-0.2, 0) is 19.5 Å². The summed E-state index contributed by atoms with van der Waals surface area (Å²) in [6, 6.07) is 31.0. The van der Waals surface area contributed by atoms with Gasteiger partial charge in [0.25, 0.3) is 0 Å². The molecular weight excluding hydrogens is 382 g/mol. The van der Waals surface area contributed by atoms with Crippen LogP contribution in [0.5, 0.6) is 0 Å². The second-order valence-corrected chi connectivity index (χ2v) is 8.75. The first kappa shape index (κ1) is 23.2. The number of aliphatic hydroxyl groups is 2. The number of hydrogen-bond donors (Lipinski definition) is 2. The summed E-state index contributed by atoms with van der Waals surface area (Å²) >= 11 is 0. The molecule has 0 aliphatic rings. The van der Waals surface area contributed by atoms with E-state index in [2.05, 4.69) is 65.6 Å². The van der Waals surface area contributed by atoms with Gasteiger partial charge in [-0.05, 0) is 29.0 Å². The second-order valence-electron chi connectivity index (χ2n) is 8.75. The fourth-order valence-corrected chi connectivity index (χ4v) is 3.97. The van der Waals surface area contributed by atoms with Crippen LogP contribution in [0.4, 0.5) is 0 Å². The minimum Gasteiger partial charge on any atom is -0.393 e. The van der Waals surface area contributed by atoms with E-state index in [0.29, 0.717) is 6.42 Å². The van der Waals surface area contributed by atoms with Gasteiger partial charge in [0.2, 0.25) is 0 Å². The minimum absolute atomic E-state index is 0.115. The molecule has 0 aliphatic heterocycles. The van der Waals surface area contributed by atoms with E-state index in [9.17, 15) is 10.2 Å². The van der Waals surface area contributed by atoms with Gasteiger partial charge in [-0.2, -0.15) is 0 Å². The highest BCUT2D eigenvalue weighted by Gasteiger charge is 2.29. The number of aliphatic hydroxyl groups excluding tert-OH is 2. The van der Waals surface area contributed by atoms with Gasteiger partial charge in [-0.15, -0.1) is 0 Å². The van der Waals surface area contributed by atoms with Gasteiger partial charge in [-0.1, -0.05) is 105 Å². The molecule has 2 N–H and O–H groups in total. The second kappa shape index (κ2) is 11.8. The summed E-state index contributed by atoms with van der Waals surface area (Å²) in [6.45, 7) is 5.47. The Morgan fingerprint density at radius 3 is 1.45 bits per heavy atom. The molecule has 0 bridgehead atoms. The average Bonchev–Trinajstić information content (AvgIpc) is 2.79. The third kappa shape index (κ3) is 7.32. The Bertz CT molecular complexity index is 826. The first-order chi connectivity index (χ1) is 15.0. The van der Waals surface area contributed by atoms with Gasteiger partial charge < -0.3 is 10.2 Å². The molecule has 3 atom stereocenters. The third-order valence-corrected chi connectivity index (χ3v) is 5.91. The van der Waals surface area contributed by atoms with Crippen molar-refractivity contribution in [3.05, 3.63) is 108 Å². The van der Waals surface area contributed by atoms with Crippen LogP contribution in [0.25, 0.3) is 0 Å². The van der Waals surface area contributed by atoms with E-state index in [0.717, 1.165) is 19.5 Å². The van der Waals surface area contributed by atoms with Gasteiger partial charge in [0, 0.05) is 25.6 Å². The van der Waals surface area contributed by atoms with E-state index in [1.54, 1.807) is 0 Å². The van der Waals surface area contributed by atoms with Crippen LogP contribution in [0.3, 0.4) is 0 Å². The number of benzene rings is 3. The first-order valence-electron chi connectivity index (χ1n) is 11.2. The fourth-order valence-electron chi connectivity index (χ4n) is 3.97. The molecule has 0 aliphatic carbocycles. The molecule has 3 nitrogen and oxygen atoms in total. The van der Waals surface area contributed by atoms with E-state index >= 15 is 0 Å². The Kier molecular flexibility index (Phi) is 8.84. The maximum atomic E-state index is 11.3. The van der Waals surface area contributed by atoms with Crippen LogP contribution in [0.1, 0.15) is 37.0 Å². The number of hydrogen-bond acceptors (Lipinski definition) is 3. The van der Waals surface area contributed by atoms with Crippen molar-refractivity contribution in [2.45, 2.75) is 58.0 Å². The molecule has 0 radical (unpaired) electrons. The maximum Gasteiger partial charge on any atom is 0.0723 e. The van der Waals surface area contributed by atoms with Crippen molar-refractivity contribution in [1.29, 1.82) is 0 Å². The third-order valence-electron chi connectivity index (χ3n) is 5.91. The lowest BCUT2D eigenvalue weighted by atomic mass is 9.92. The highest BCUT2D eigenvalue weighted by Crippen LogP contribution is 2.23. The van der Waals surface area contributed by atoms with Crippen molar-refractivity contribution in [3.8, 4) is 0 Å². The molecule has 31 heavy (non-hydrogen) atoms. The highest BCUT2D eigenvalue weighted by molar-refractivity contribution is 5.20. The van der Waals surface area contributed by atoms with Crippen LogP contribution in [-0.4, -0.2) is 33.4 Å². The van der Waals surface area contributed by atoms with E-state index in [1.807, 2.05) is 44.2 Å². The molecule has 3 aromatic rings. The molecule has 0 heterocycles. The van der Waals surface area contributed by atoms with Crippen molar-refractivity contribution in [3.63, 3.8) is 0 Å². The summed E-state index contributed by atoms with van der Waals surface area (Å²) < 4.78 is 0. The minimum atomic E-state index is -0.634. The summed E-state index contributed by atoms with van der Waals surface area (Å²) in [5.74, 6) is 0.115. The summed E-state index contributed by atoms with van der Waals surface area (Å²) in [7, 11) is 0. The molecule has 3 aromatic carbocycles. The largest absolute Gasteiger partial charge is 0.393 e. The summed E-state index contributed by atoms with van der Waals surface area (Å²) in [6.07, 6.45) is -0.0598. The van der Waals surface area contributed by atoms with Crippen molar-refractivity contribution in [1.82, 2.24) is 4.90 Å². The van der Waals surface area contributed by atoms with Gasteiger partial charge in [-0.3, -0.25) is 4.90 Å². The topological polar surface area (TPSA) is 43.7 Å². The zero-order chi connectivity index (χ0) is 22.1. The van der Waals surface area contributed by atoms with Crippen molar-refractivity contribution in [2.24, 2.45) is 5.92 Å². The summed E-state index contributed by atoms with van der Waals surface area (Å²) in [4.78, 5) is 2.36. The lowest BCUT2D eigenvalue weighted by molar-refractivity contribution is -0.00589. The maximum absolute atomic E-state index is 11.3. The average molecular weight is 418 g/mol. The molecule has 0 saturated carbocycles. The predicted molar refractivity (Wildman–Crippen MR) is 128 cm³/mol. The van der Waals surface area contributed by atoms with Gasteiger partial charge in [-0.25, -0.2) is 0 Å². The first-order valence-corrected chi connectivity index (χ1v) is 11.2. The van der Waals surface area contributed by atoms with Crippen LogP contribution in [0.15, 0.2) is 91.0 Å². The molecule has 0 fully saturated rings. The highest BCUT2D eigenvalue weighted by atomic mass is 16.3. The molecule has 164 valence electrons. The Morgan fingerprint density at radius 2 is 1.03 bits per heavy atom. The van der Waals surface area contributed by atoms with Crippen molar-refractivity contribution >= 4 is 0 Å². The Hall–Kier alpha value is -2.46. The van der Waals surface area contributed by atoms with E-state index in [4.69, 9.17) is 0 Å². The van der Waals surface area contributed by atoms with Crippen LogP contribution < -0.4 is 0 Å². The number of nitrogens with zero attached hydrogens (tertiary/aromatic N) is 1. The smallest absolute Gasteiger partial charge is 0.0723 e. The fraction of sp³-hybridized carbons (Fsp3) is 0.357. The molecule has 0 spiro atoms. The van der Waals surface area contributed by atoms with Crippen molar-refractivity contribution < 1.29 is 10.2 Å². The van der Waals surface area contributed by atoms with Crippen LogP contribution >= 0.6 is 0 Å². The molecule has 3 heteroatoms. The standard InChI is InChI=1S/C28H35NO2/c1-22(2)27(30)19-28(31)26(18-23-12-6-3-7-13-23)29(20-24-14-8-4-9-15-24)21-25-16-10-5-11-17-25/h3-17,22,26-28,30-31H,18-21H2,1-2H3/t26?,27-,28?/m0/s1. The summed E-state index contributed by atoms with van der Waals surface area (Å²) in [5.41, 5.74) is 3.62. The predicted octanol–water partition coefficient (Wildman–Crippen LogP) is 5.07. The van der Waals surface area contributed by atoms with Crippen LogP contribution in [0.2, 0.25) is 0 Å². The monoisotopic (exact) mass is 417 g/mol. The van der Waals surface area contributed by atoms with E-state index in [1.165, 1.54) is 16.7 Å². The lowest BCUT2D eigenvalue weighted by Gasteiger charge is -2.36. The molecule has 0 aromatic heterocycles. The Morgan fingerprint density at radius 1 is 0.613 bits per heavy atom. The lowest BCUT2D eigenvalue weighted by Crippen LogP contribution is -2.46. The summed E-state index contributed by atoms with van der Waals surface area (Å²) in [5, 5.41) is 21.8. The van der Waals surface area contributed by atoms with Gasteiger partial charge in [0.15, 0.2) is 0 Å². The van der Waals surface area contributed by atoms with Gasteiger partial charge in [0.1, 0.15) is 0 Å².